The van der Waals surface area contributed by atoms with Crippen molar-refractivity contribution in [3.05, 3.63) is 12.2 Å². The zero-order valence-electron chi connectivity index (χ0n) is 32.5. The Morgan fingerprint density at radius 2 is 1.63 bits per heavy atom. The van der Waals surface area contributed by atoms with Gasteiger partial charge in [-0.05, 0) is 65.4 Å². The minimum atomic E-state index is -1.97. The van der Waals surface area contributed by atoms with E-state index in [0.717, 1.165) is 0 Å². The van der Waals surface area contributed by atoms with E-state index in [1.54, 1.807) is 41.5 Å². The highest BCUT2D eigenvalue weighted by Gasteiger charge is 2.53. The maximum Gasteiger partial charge on any atom is 0.309 e. The van der Waals surface area contributed by atoms with E-state index in [9.17, 15) is 30.0 Å². The molecule has 0 aromatic rings. The first-order valence-corrected chi connectivity index (χ1v) is 18.4. The summed E-state index contributed by atoms with van der Waals surface area (Å²) >= 11 is 0. The van der Waals surface area contributed by atoms with Crippen molar-refractivity contribution in [3.8, 4) is 12.3 Å². The zero-order chi connectivity index (χ0) is 39.0. The quantitative estimate of drug-likeness (QED) is 0.154. The molecule has 51 heavy (non-hydrogen) atoms. The standard InChI is InChI=1S/C39H65NO11/c1-14-28-39(12,46)32(43)24(8)30(41)19(3)17-37(10,15-2)34(51-36-31(42)26(40)16-20(4)48-36)22(6)29(23(7)35(45)50-28)21(5)27-18-38(11,47-13)33(44)25(9)49-27/h2,19-20,22-29,31-34,36,42-44,46H,5,14,16-18,40H2,1,3-4,6-13H3/t19-,20-,22+,23-,24+,25+,26+,27-,28-,29+,31-,32-,33+,34-,36+,37+,38-,39-/m1/s1. The number of carbonyl (C=O) groups is 2. The van der Waals surface area contributed by atoms with E-state index in [2.05, 4.69) is 12.5 Å². The number of aliphatic hydroxyl groups is 4. The monoisotopic (exact) mass is 723 g/mol. The molecule has 3 saturated heterocycles. The Hall–Kier alpha value is -1.92. The van der Waals surface area contributed by atoms with Gasteiger partial charge in [-0.3, -0.25) is 9.59 Å². The van der Waals surface area contributed by atoms with E-state index in [1.807, 2.05) is 13.8 Å². The maximum atomic E-state index is 14.3. The van der Waals surface area contributed by atoms with Gasteiger partial charge in [0.1, 0.15) is 29.7 Å². The SMILES string of the molecule is C#C[C@@]1(C)C[C@@H](C)C(=O)[C@H](C)[C@@H](O)[C@](C)(O)[C@@H](CC)OC(=O)[C@H](C)[C@@H](C(=C)[C@H]2C[C@@](C)(OC)[C@@H](O)[C@H](C)O2)[C@H](C)[C@H]1O[C@@H]1O[C@H](C)C[C@H](N)[C@H]1O. The summed E-state index contributed by atoms with van der Waals surface area (Å²) in [6, 6.07) is -0.638. The number of esters is 1. The molecule has 0 amide bonds. The van der Waals surface area contributed by atoms with E-state index in [4.69, 9.17) is 35.8 Å². The minimum Gasteiger partial charge on any atom is -0.459 e. The third-order valence-electron chi connectivity index (χ3n) is 12.2. The highest BCUT2D eigenvalue weighted by Crippen LogP contribution is 2.47. The van der Waals surface area contributed by atoms with Crippen LogP contribution in [0.1, 0.15) is 94.9 Å². The summed E-state index contributed by atoms with van der Waals surface area (Å²) in [7, 11) is 1.52. The van der Waals surface area contributed by atoms with Crippen LogP contribution in [0.15, 0.2) is 12.2 Å². The molecule has 6 N–H and O–H groups in total. The molecule has 3 fully saturated rings. The first-order valence-electron chi connectivity index (χ1n) is 18.4. The minimum absolute atomic E-state index is 0.0983. The van der Waals surface area contributed by atoms with Crippen molar-refractivity contribution in [2.75, 3.05) is 7.11 Å². The summed E-state index contributed by atoms with van der Waals surface area (Å²) in [5.74, 6) is -2.22. The Bertz CT molecular complexity index is 1280. The molecular formula is C39H65NO11. The lowest BCUT2D eigenvalue weighted by molar-refractivity contribution is -0.278. The largest absolute Gasteiger partial charge is 0.459 e. The predicted octanol–water partition coefficient (Wildman–Crippen LogP) is 2.90. The Morgan fingerprint density at radius 3 is 2.18 bits per heavy atom. The van der Waals surface area contributed by atoms with Crippen LogP contribution in [0, 0.1) is 47.3 Å². The number of methoxy groups -OCH3 is 1. The number of aliphatic hydroxyl groups excluding tert-OH is 3. The number of ketones is 1. The van der Waals surface area contributed by atoms with Gasteiger partial charge in [-0.2, -0.15) is 0 Å². The summed E-state index contributed by atoms with van der Waals surface area (Å²) in [5.41, 5.74) is 2.62. The third kappa shape index (κ3) is 8.74. The first kappa shape index (κ1) is 43.5. The van der Waals surface area contributed by atoms with Crippen LogP contribution in [0.3, 0.4) is 0 Å². The Morgan fingerprint density at radius 1 is 1.02 bits per heavy atom. The van der Waals surface area contributed by atoms with Crippen LogP contribution in [0.5, 0.6) is 0 Å². The molecule has 0 aromatic carbocycles. The number of hydrogen-bond acceptors (Lipinski definition) is 12. The maximum absolute atomic E-state index is 14.3. The molecule has 3 rings (SSSR count). The molecule has 3 aliphatic rings. The molecule has 3 heterocycles. The van der Waals surface area contributed by atoms with Crippen LogP contribution in [0.25, 0.3) is 0 Å². The molecule has 3 aliphatic heterocycles. The second kappa shape index (κ2) is 16.6. The van der Waals surface area contributed by atoms with Gasteiger partial charge in [0.25, 0.3) is 0 Å². The van der Waals surface area contributed by atoms with Gasteiger partial charge in [0.15, 0.2) is 6.29 Å². The van der Waals surface area contributed by atoms with Gasteiger partial charge < -0.3 is 49.8 Å². The molecule has 0 unspecified atom stereocenters. The van der Waals surface area contributed by atoms with Crippen LogP contribution < -0.4 is 5.73 Å². The first-order chi connectivity index (χ1) is 23.5. The molecule has 18 atom stereocenters. The average Bonchev–Trinajstić information content (AvgIpc) is 3.08. The van der Waals surface area contributed by atoms with Crippen LogP contribution >= 0.6 is 0 Å². The Labute approximate surface area is 304 Å². The van der Waals surface area contributed by atoms with Gasteiger partial charge >= 0.3 is 5.97 Å². The predicted molar refractivity (Wildman–Crippen MR) is 191 cm³/mol. The highest BCUT2D eigenvalue weighted by atomic mass is 16.7. The van der Waals surface area contributed by atoms with Crippen molar-refractivity contribution >= 4 is 11.8 Å². The number of nitrogens with two attached hydrogens (primary N) is 1. The normalized spacial score (nSPS) is 49.4. The van der Waals surface area contributed by atoms with Crippen LogP contribution in [-0.4, -0.2) is 112 Å². The molecule has 0 radical (unpaired) electrons. The molecule has 0 aliphatic carbocycles. The fourth-order valence-corrected chi connectivity index (χ4v) is 8.81. The van der Waals surface area contributed by atoms with Gasteiger partial charge in [0, 0.05) is 37.3 Å². The lowest BCUT2D eigenvalue weighted by atomic mass is 9.64. The summed E-state index contributed by atoms with van der Waals surface area (Å²) in [6.07, 6.45) is -1.44. The summed E-state index contributed by atoms with van der Waals surface area (Å²) in [4.78, 5) is 28.2. The lowest BCUT2D eigenvalue weighted by Gasteiger charge is -2.49. The van der Waals surface area contributed by atoms with E-state index in [0.29, 0.717) is 12.0 Å². The van der Waals surface area contributed by atoms with Crippen molar-refractivity contribution < 1.29 is 53.7 Å². The fraction of sp³-hybridized carbons (Fsp3) is 0.846. The van der Waals surface area contributed by atoms with E-state index >= 15 is 0 Å². The van der Waals surface area contributed by atoms with Crippen LogP contribution in [0.4, 0.5) is 0 Å². The number of Topliss-reactive ketones (excluding diaryl/α,β-unsaturated/α-hetero) is 1. The molecule has 12 heteroatoms. The average molecular weight is 724 g/mol. The highest BCUT2D eigenvalue weighted by molar-refractivity contribution is 5.83. The summed E-state index contributed by atoms with van der Waals surface area (Å²) < 4.78 is 30.9. The van der Waals surface area contributed by atoms with Gasteiger partial charge in [-0.1, -0.05) is 47.1 Å². The van der Waals surface area contributed by atoms with Gasteiger partial charge in [-0.25, -0.2) is 0 Å². The second-order valence-electron chi connectivity index (χ2n) is 16.4. The number of carbonyl (C=O) groups excluding carboxylic acids is 2. The number of rotatable bonds is 6. The number of hydrogen-bond donors (Lipinski definition) is 5. The third-order valence-corrected chi connectivity index (χ3v) is 12.2. The van der Waals surface area contributed by atoms with Crippen molar-refractivity contribution in [3.63, 3.8) is 0 Å². The Kier molecular flexibility index (Phi) is 14.2. The lowest BCUT2D eigenvalue weighted by Crippen LogP contribution is -2.58. The number of terminal acetylenes is 1. The van der Waals surface area contributed by atoms with Crippen molar-refractivity contribution in [2.24, 2.45) is 40.7 Å². The summed E-state index contributed by atoms with van der Waals surface area (Å²) in [5, 5.41) is 45.2. The summed E-state index contributed by atoms with van der Waals surface area (Å²) in [6.45, 7) is 21.5. The molecule has 0 saturated carbocycles. The molecule has 12 nitrogen and oxygen atoms in total. The van der Waals surface area contributed by atoms with E-state index < -0.39 is 107 Å². The smallest absolute Gasteiger partial charge is 0.309 e. The molecule has 0 spiro atoms. The molecule has 0 aromatic heterocycles. The van der Waals surface area contributed by atoms with E-state index in [-0.39, 0.29) is 31.1 Å². The van der Waals surface area contributed by atoms with Crippen molar-refractivity contribution in [1.82, 2.24) is 0 Å². The second-order valence-corrected chi connectivity index (χ2v) is 16.4. The Balaban J connectivity index is 2.27. The molecule has 0 bridgehead atoms. The molecule has 292 valence electrons. The van der Waals surface area contributed by atoms with Gasteiger partial charge in [0.05, 0.1) is 47.5 Å². The van der Waals surface area contributed by atoms with E-state index in [1.165, 1.54) is 21.0 Å². The van der Waals surface area contributed by atoms with Crippen molar-refractivity contribution in [2.45, 2.75) is 167 Å². The zero-order valence-corrected chi connectivity index (χ0v) is 32.5. The van der Waals surface area contributed by atoms with Gasteiger partial charge in [-0.15, -0.1) is 6.42 Å². The van der Waals surface area contributed by atoms with Crippen LogP contribution in [-0.2, 0) is 33.3 Å². The van der Waals surface area contributed by atoms with Gasteiger partial charge in [0.2, 0.25) is 0 Å². The number of ether oxygens (including phenoxy) is 5. The van der Waals surface area contributed by atoms with Crippen LogP contribution in [0.2, 0.25) is 0 Å². The molecular weight excluding hydrogens is 658 g/mol. The van der Waals surface area contributed by atoms with Crippen molar-refractivity contribution in [1.29, 1.82) is 0 Å². The number of cyclic esters (lactones) is 1. The fourth-order valence-electron chi connectivity index (χ4n) is 8.81. The topological polar surface area (TPSA) is 187 Å².